The molecule has 0 bridgehead atoms. The zero-order chi connectivity index (χ0) is 22.3. The highest BCUT2D eigenvalue weighted by Gasteiger charge is 2.33. The molecule has 5 nitrogen and oxygen atoms in total. The van der Waals surface area contributed by atoms with Crippen LogP contribution in [0.5, 0.6) is 5.75 Å². The molecule has 0 fully saturated rings. The zero-order valence-electron chi connectivity index (χ0n) is 18.3. The minimum absolute atomic E-state index is 0.0405. The summed E-state index contributed by atoms with van der Waals surface area (Å²) in [4.78, 5) is 31.3. The summed E-state index contributed by atoms with van der Waals surface area (Å²) in [6, 6.07) is 20.8. The van der Waals surface area contributed by atoms with E-state index >= 15 is 0 Å². The van der Waals surface area contributed by atoms with Crippen molar-refractivity contribution in [1.29, 1.82) is 0 Å². The average molecular weight is 449 g/mol. The third-order valence-corrected chi connectivity index (χ3v) is 6.69. The molecule has 4 rings (SSSR count). The van der Waals surface area contributed by atoms with Gasteiger partial charge in [-0.05, 0) is 54.1 Å². The van der Waals surface area contributed by atoms with Crippen LogP contribution < -0.4 is 4.74 Å². The molecule has 2 heterocycles. The molecule has 2 amide bonds. The quantitative estimate of drug-likeness (QED) is 0.497. The summed E-state index contributed by atoms with van der Waals surface area (Å²) >= 11 is 1.73. The van der Waals surface area contributed by atoms with Gasteiger partial charge in [0.05, 0.1) is 6.04 Å². The molecule has 0 spiro atoms. The molecule has 1 atom stereocenters. The van der Waals surface area contributed by atoms with Crippen molar-refractivity contribution in [3.05, 3.63) is 88.1 Å². The molecule has 0 aliphatic carbocycles. The van der Waals surface area contributed by atoms with Gasteiger partial charge in [0.2, 0.25) is 5.91 Å². The number of amides is 2. The van der Waals surface area contributed by atoms with Crippen molar-refractivity contribution in [1.82, 2.24) is 9.80 Å². The fourth-order valence-corrected chi connectivity index (χ4v) is 5.03. The largest absolute Gasteiger partial charge is 0.491 e. The molecular formula is C26H28N2O3S. The molecule has 1 aromatic heterocycles. The van der Waals surface area contributed by atoms with Crippen molar-refractivity contribution in [2.24, 2.45) is 0 Å². The van der Waals surface area contributed by atoms with Crippen LogP contribution >= 0.6 is 11.3 Å². The monoisotopic (exact) mass is 448 g/mol. The third kappa shape index (κ3) is 5.02. The van der Waals surface area contributed by atoms with Gasteiger partial charge >= 0.3 is 0 Å². The van der Waals surface area contributed by atoms with Crippen molar-refractivity contribution in [3.63, 3.8) is 0 Å². The maximum absolute atomic E-state index is 13.5. The highest BCUT2D eigenvalue weighted by Crippen LogP contribution is 2.34. The number of fused-ring (bicyclic) bond motifs is 1. The second-order valence-electron chi connectivity index (χ2n) is 7.87. The standard InChI is InChI=1S/C26H28N2O3S/c1-2-15-27(26(30)20-9-5-3-6-10-20)18-25(29)28-16-13-24-22(14-17-32-24)23(28)19-31-21-11-7-4-8-12-21/h3-12,14,17,23H,2,13,15-16,18-19H2,1H3. The Morgan fingerprint density at radius 2 is 1.78 bits per heavy atom. The lowest BCUT2D eigenvalue weighted by Crippen LogP contribution is -2.48. The SMILES string of the molecule is CCCN(CC(=O)N1CCc2sccc2C1COc1ccccc1)C(=O)c1ccccc1. The first kappa shape index (κ1) is 22.1. The molecule has 2 aromatic carbocycles. The Morgan fingerprint density at radius 1 is 1.06 bits per heavy atom. The Kier molecular flexibility index (Phi) is 7.22. The molecule has 1 aliphatic heterocycles. The van der Waals surface area contributed by atoms with Gasteiger partial charge in [0.25, 0.3) is 5.91 Å². The van der Waals surface area contributed by atoms with Crippen LogP contribution in [0.4, 0.5) is 0 Å². The van der Waals surface area contributed by atoms with E-state index in [1.54, 1.807) is 28.4 Å². The highest BCUT2D eigenvalue weighted by atomic mass is 32.1. The Balaban J connectivity index is 1.51. The number of ether oxygens (including phenoxy) is 1. The van der Waals surface area contributed by atoms with Crippen molar-refractivity contribution < 1.29 is 14.3 Å². The number of hydrogen-bond acceptors (Lipinski definition) is 4. The molecule has 0 N–H and O–H groups in total. The van der Waals surface area contributed by atoms with Crippen LogP contribution in [0.25, 0.3) is 0 Å². The maximum atomic E-state index is 13.5. The zero-order valence-corrected chi connectivity index (χ0v) is 19.1. The number of carbonyl (C=O) groups excluding carboxylic acids is 2. The van der Waals surface area contributed by atoms with Gasteiger partial charge in [-0.1, -0.05) is 43.3 Å². The topological polar surface area (TPSA) is 49.9 Å². The maximum Gasteiger partial charge on any atom is 0.254 e. The van der Waals surface area contributed by atoms with E-state index in [4.69, 9.17) is 4.74 Å². The molecule has 3 aromatic rings. The van der Waals surface area contributed by atoms with Crippen LogP contribution in [0, 0.1) is 0 Å². The summed E-state index contributed by atoms with van der Waals surface area (Å²) in [6.07, 6.45) is 1.63. The van der Waals surface area contributed by atoms with Crippen LogP contribution in [0.1, 0.15) is 40.2 Å². The molecule has 32 heavy (non-hydrogen) atoms. The van der Waals surface area contributed by atoms with Crippen LogP contribution in [0.2, 0.25) is 0 Å². The molecule has 1 unspecified atom stereocenters. The van der Waals surface area contributed by atoms with Crippen LogP contribution in [0.15, 0.2) is 72.1 Å². The Labute approximate surface area is 193 Å². The van der Waals surface area contributed by atoms with E-state index in [0.29, 0.717) is 25.3 Å². The summed E-state index contributed by atoms with van der Waals surface area (Å²) < 4.78 is 6.05. The summed E-state index contributed by atoms with van der Waals surface area (Å²) in [5.74, 6) is 0.640. The summed E-state index contributed by atoms with van der Waals surface area (Å²) in [5, 5.41) is 2.08. The van der Waals surface area contributed by atoms with E-state index in [9.17, 15) is 9.59 Å². The molecule has 0 saturated carbocycles. The first-order valence-corrected chi connectivity index (χ1v) is 11.9. The lowest BCUT2D eigenvalue weighted by molar-refractivity contribution is -0.135. The van der Waals surface area contributed by atoms with Crippen molar-refractivity contribution in [2.45, 2.75) is 25.8 Å². The van der Waals surface area contributed by atoms with Gasteiger partial charge in [0.15, 0.2) is 0 Å². The molecule has 6 heteroatoms. The number of hydrogen-bond donors (Lipinski definition) is 0. The predicted octanol–water partition coefficient (Wildman–Crippen LogP) is 4.81. The number of thiophene rings is 1. The summed E-state index contributed by atoms with van der Waals surface area (Å²) in [6.45, 7) is 3.66. The van der Waals surface area contributed by atoms with Gasteiger partial charge in [0.1, 0.15) is 18.9 Å². The van der Waals surface area contributed by atoms with Crippen LogP contribution in [-0.2, 0) is 11.2 Å². The van der Waals surface area contributed by atoms with Crippen molar-refractivity contribution in [3.8, 4) is 5.75 Å². The highest BCUT2D eigenvalue weighted by molar-refractivity contribution is 7.10. The number of rotatable bonds is 8. The third-order valence-electron chi connectivity index (χ3n) is 5.69. The van der Waals surface area contributed by atoms with Gasteiger partial charge in [-0.15, -0.1) is 11.3 Å². The molecule has 1 aliphatic rings. The van der Waals surface area contributed by atoms with Crippen LogP contribution in [-0.4, -0.2) is 47.9 Å². The fraction of sp³-hybridized carbons (Fsp3) is 0.308. The lowest BCUT2D eigenvalue weighted by Gasteiger charge is -2.37. The van der Waals surface area contributed by atoms with E-state index in [0.717, 1.165) is 24.2 Å². The minimum atomic E-state index is -0.159. The smallest absolute Gasteiger partial charge is 0.254 e. The second kappa shape index (κ2) is 10.5. The fourth-order valence-electron chi connectivity index (χ4n) is 4.11. The van der Waals surface area contributed by atoms with E-state index in [1.165, 1.54) is 4.88 Å². The van der Waals surface area contributed by atoms with Gasteiger partial charge in [-0.2, -0.15) is 0 Å². The van der Waals surface area contributed by atoms with Crippen molar-refractivity contribution in [2.75, 3.05) is 26.2 Å². The van der Waals surface area contributed by atoms with Gasteiger partial charge in [-0.3, -0.25) is 9.59 Å². The normalized spacial score (nSPS) is 15.2. The Morgan fingerprint density at radius 3 is 2.50 bits per heavy atom. The number of benzene rings is 2. The molecule has 166 valence electrons. The average Bonchev–Trinajstić information content (AvgIpc) is 3.32. The molecular weight excluding hydrogens is 420 g/mol. The van der Waals surface area contributed by atoms with E-state index in [1.807, 2.05) is 60.4 Å². The number of carbonyl (C=O) groups is 2. The van der Waals surface area contributed by atoms with Gasteiger partial charge < -0.3 is 14.5 Å². The van der Waals surface area contributed by atoms with E-state index < -0.39 is 0 Å². The minimum Gasteiger partial charge on any atom is -0.491 e. The summed E-state index contributed by atoms with van der Waals surface area (Å²) in [7, 11) is 0. The number of nitrogens with zero attached hydrogens (tertiary/aromatic N) is 2. The first-order chi connectivity index (χ1) is 15.7. The lowest BCUT2D eigenvalue weighted by atomic mass is 10.0. The molecule has 0 saturated heterocycles. The van der Waals surface area contributed by atoms with Crippen molar-refractivity contribution >= 4 is 23.2 Å². The first-order valence-electron chi connectivity index (χ1n) is 11.0. The van der Waals surface area contributed by atoms with Gasteiger partial charge in [-0.25, -0.2) is 0 Å². The Hall–Kier alpha value is -3.12. The Bertz CT molecular complexity index is 1040. The second-order valence-corrected chi connectivity index (χ2v) is 8.87. The van der Waals surface area contributed by atoms with E-state index in [2.05, 4.69) is 11.4 Å². The van der Waals surface area contributed by atoms with E-state index in [-0.39, 0.29) is 24.4 Å². The number of para-hydroxylation sites is 1. The summed E-state index contributed by atoms with van der Waals surface area (Å²) in [5.41, 5.74) is 1.76. The van der Waals surface area contributed by atoms with Gasteiger partial charge in [0, 0.05) is 23.5 Å². The molecule has 0 radical (unpaired) electrons. The predicted molar refractivity (Wildman–Crippen MR) is 127 cm³/mol. The van der Waals surface area contributed by atoms with Crippen LogP contribution in [0.3, 0.4) is 0 Å².